The fourth-order valence-electron chi connectivity index (χ4n) is 10.5. The molecule has 30 nitrogen and oxygen atoms in total. The van der Waals surface area contributed by atoms with Crippen molar-refractivity contribution in [1.29, 1.82) is 0 Å². The third-order valence-corrected chi connectivity index (χ3v) is 14.4. The topological polar surface area (TPSA) is 600 Å². The molecule has 30 heteroatoms. The Morgan fingerprint density at radius 2 is 0.420 bits per heavy atom. The molecule has 1 fully saturated rings. The summed E-state index contributed by atoms with van der Waals surface area (Å²) in [4.78, 5) is 0. The van der Waals surface area contributed by atoms with Gasteiger partial charge in [0.15, 0.2) is 91.7 Å². The summed E-state index contributed by atoms with van der Waals surface area (Å²) in [6.07, 6.45) is 0.761. The zero-order valence-corrected chi connectivity index (χ0v) is 39.4. The first-order chi connectivity index (χ1) is 37.9. The van der Waals surface area contributed by atoms with Gasteiger partial charge in [0.2, 0.25) is 57.5 Å². The molecule has 0 radical (unpaired) electrons. The number of furan rings is 1. The molecule has 1 aromatic heterocycles. The Morgan fingerprint density at radius 3 is 0.840 bits per heavy atom. The molecule has 9 aromatic carbocycles. The summed E-state index contributed by atoms with van der Waals surface area (Å²) in [6, 6.07) is 0. The molecule has 0 unspecified atom stereocenters. The van der Waals surface area contributed by atoms with Gasteiger partial charge in [-0.15, -0.1) is 0 Å². The predicted molar refractivity (Wildman–Crippen MR) is 268 cm³/mol. The molecule has 0 spiro atoms. The molecule has 1 heterocycles. The summed E-state index contributed by atoms with van der Waals surface area (Å²) in [5.41, 5.74) is -15.1. The van der Waals surface area contributed by atoms with Crippen LogP contribution < -0.4 is 0 Å². The van der Waals surface area contributed by atoms with Crippen LogP contribution in [0.4, 0.5) is 0 Å². The van der Waals surface area contributed by atoms with Crippen LogP contribution in [-0.4, -0.2) is 148 Å². The van der Waals surface area contributed by atoms with Crippen molar-refractivity contribution in [2.45, 2.75) is 18.8 Å². The van der Waals surface area contributed by atoms with Crippen LogP contribution in [0.15, 0.2) is 4.42 Å². The normalized spacial score (nSPS) is 12.7. The van der Waals surface area contributed by atoms with Gasteiger partial charge in [-0.1, -0.05) is 0 Å². The molecule has 10 aromatic rings. The molecular weight excluding hydrogens is 1090 g/mol. The van der Waals surface area contributed by atoms with Crippen LogP contribution in [0.3, 0.4) is 0 Å². The fraction of sp³-hybridized carbons (Fsp3) is 0.0588. The van der Waals surface area contributed by atoms with E-state index in [2.05, 4.69) is 0 Å². The molecule has 0 bridgehead atoms. The monoisotopic (exact) mass is 1130 g/mol. The quantitative estimate of drug-likeness (QED) is 0.0529. The summed E-state index contributed by atoms with van der Waals surface area (Å²) in [6.45, 7) is 0. The van der Waals surface area contributed by atoms with Gasteiger partial charge < -0.3 is 153 Å². The number of hydrogen-bond acceptors (Lipinski definition) is 30. The number of phenolic OH excluding ortho intramolecular Hbond substituents is 29. The molecule has 81 heavy (non-hydrogen) atoms. The largest absolute Gasteiger partial charge is 0.507 e. The minimum Gasteiger partial charge on any atom is -0.507 e. The summed E-state index contributed by atoms with van der Waals surface area (Å²) >= 11 is 0. The van der Waals surface area contributed by atoms with Crippen molar-refractivity contribution in [1.82, 2.24) is 0 Å². The van der Waals surface area contributed by atoms with E-state index in [0.717, 1.165) is 0 Å². The van der Waals surface area contributed by atoms with Crippen LogP contribution in [-0.2, 0) is 0 Å². The minimum atomic E-state index is -2.00. The van der Waals surface area contributed by atoms with Gasteiger partial charge in [0.05, 0.1) is 54.9 Å². The summed E-state index contributed by atoms with van der Waals surface area (Å²) < 4.78 is 5.60. The second-order valence-corrected chi connectivity index (χ2v) is 18.6. The van der Waals surface area contributed by atoms with E-state index >= 15 is 0 Å². The SMILES string of the molecule is Oc1c(O)c(O)c(-c2c(O)c(O)c(O)c(-c3c(O)c(O)c4c(-c5c(O)c(O)c(O)c(O)c5O)c5c(O)c(O)c(O)c(O)c5c(-c5c(O)c(O)c6c(O)c7c(oc8c(O)c(O)c(C9CC9)c(O)c87)c(O)c6c5O)c4c3O)c2O)c(O)c1O. The standard InChI is InChI=1S/C51H34O30/c52-21-4(3-1-2-3)26(57)49(80)51-19(21)20-25(56)15-17(39(70)50(20)81-51)23(54)11(30(61)32(15)63)5-7-8(6(10-9(5)28(59)41(72)42(73)29(10)60)12-33(64)43(74)47(78)44(75)34(12)65)27(58)31(62)13(22(7)53)14-24(55)16(36(67)40(71)35(14)66)18-37(68)45(76)48(79)46(77)38(18)69/h3,52-80H,1-2H2. The Kier molecular flexibility index (Phi) is 10.00. The maximum absolute atomic E-state index is 12.8. The van der Waals surface area contributed by atoms with Crippen LogP contribution >= 0.6 is 0 Å². The average molecular weight is 1130 g/mol. The van der Waals surface area contributed by atoms with Crippen molar-refractivity contribution >= 4 is 54.3 Å². The molecule has 1 aliphatic rings. The van der Waals surface area contributed by atoms with Crippen LogP contribution in [0.1, 0.15) is 24.3 Å². The Morgan fingerprint density at radius 1 is 0.173 bits per heavy atom. The van der Waals surface area contributed by atoms with Crippen LogP contribution in [0.25, 0.3) is 98.8 Å². The molecule has 418 valence electrons. The molecule has 1 saturated carbocycles. The van der Waals surface area contributed by atoms with Crippen molar-refractivity contribution in [2.24, 2.45) is 0 Å². The van der Waals surface area contributed by atoms with Gasteiger partial charge in [-0.05, 0) is 18.8 Å². The highest BCUT2D eigenvalue weighted by molar-refractivity contribution is 6.33. The summed E-state index contributed by atoms with van der Waals surface area (Å²) in [5.74, 6) is -49.8. The first-order valence-corrected chi connectivity index (χ1v) is 22.5. The summed E-state index contributed by atoms with van der Waals surface area (Å²) in [7, 11) is 0. The van der Waals surface area contributed by atoms with Crippen molar-refractivity contribution in [3.63, 3.8) is 0 Å². The molecule has 0 amide bonds. The molecule has 0 saturated heterocycles. The van der Waals surface area contributed by atoms with E-state index in [-0.39, 0.29) is 5.56 Å². The number of fused-ring (bicyclic) bond motifs is 6. The molecule has 29 N–H and O–H groups in total. The van der Waals surface area contributed by atoms with E-state index in [1.165, 1.54) is 0 Å². The van der Waals surface area contributed by atoms with E-state index in [0.29, 0.717) is 12.8 Å². The third kappa shape index (κ3) is 5.91. The maximum atomic E-state index is 12.8. The Hall–Kier alpha value is -12.2. The lowest BCUT2D eigenvalue weighted by molar-refractivity contribution is 0.329. The van der Waals surface area contributed by atoms with E-state index < -0.39 is 271 Å². The van der Waals surface area contributed by atoms with Crippen molar-refractivity contribution in [3.05, 3.63) is 5.56 Å². The number of hydrogen-bond donors (Lipinski definition) is 29. The second kappa shape index (κ2) is 15.9. The molecule has 0 aliphatic heterocycles. The number of aromatic hydroxyl groups is 29. The molecule has 1 aliphatic carbocycles. The lowest BCUT2D eigenvalue weighted by Crippen LogP contribution is -1.98. The minimum absolute atomic E-state index is 0.255. The first-order valence-electron chi connectivity index (χ1n) is 22.5. The third-order valence-electron chi connectivity index (χ3n) is 14.4. The van der Waals surface area contributed by atoms with Gasteiger partial charge in [-0.2, -0.15) is 0 Å². The van der Waals surface area contributed by atoms with Gasteiger partial charge in [-0.25, -0.2) is 0 Å². The highest BCUT2D eigenvalue weighted by Gasteiger charge is 2.43. The molecule has 0 atom stereocenters. The van der Waals surface area contributed by atoms with Crippen molar-refractivity contribution in [2.75, 3.05) is 0 Å². The summed E-state index contributed by atoms with van der Waals surface area (Å²) in [5, 5.41) is 320. The zero-order valence-electron chi connectivity index (χ0n) is 39.4. The van der Waals surface area contributed by atoms with Crippen LogP contribution in [0.2, 0.25) is 0 Å². The molecule has 11 rings (SSSR count). The smallest absolute Gasteiger partial charge is 0.208 e. The second-order valence-electron chi connectivity index (χ2n) is 18.6. The first kappa shape index (κ1) is 50.9. The van der Waals surface area contributed by atoms with E-state index in [4.69, 9.17) is 4.42 Å². The van der Waals surface area contributed by atoms with E-state index in [1.807, 2.05) is 0 Å². The maximum Gasteiger partial charge on any atom is 0.208 e. The fourth-order valence-corrected chi connectivity index (χ4v) is 10.5. The van der Waals surface area contributed by atoms with Crippen LogP contribution in [0.5, 0.6) is 167 Å². The van der Waals surface area contributed by atoms with E-state index in [9.17, 15) is 148 Å². The average Bonchev–Trinajstić information content (AvgIpc) is 2.04. The zero-order chi connectivity index (χ0) is 59.4. The van der Waals surface area contributed by atoms with Crippen molar-refractivity contribution in [3.8, 4) is 211 Å². The van der Waals surface area contributed by atoms with Crippen LogP contribution in [0, 0.1) is 0 Å². The Balaban J connectivity index is 1.43. The number of phenols is 29. The highest BCUT2D eigenvalue weighted by atomic mass is 16.4. The van der Waals surface area contributed by atoms with Gasteiger partial charge in [-0.3, -0.25) is 0 Å². The van der Waals surface area contributed by atoms with Gasteiger partial charge >= 0.3 is 0 Å². The van der Waals surface area contributed by atoms with Gasteiger partial charge in [0.25, 0.3) is 0 Å². The van der Waals surface area contributed by atoms with Gasteiger partial charge in [0.1, 0.15) is 28.7 Å². The van der Waals surface area contributed by atoms with Gasteiger partial charge in [0, 0.05) is 38.2 Å². The lowest BCUT2D eigenvalue weighted by atomic mass is 9.80. The number of rotatable bonds is 5. The Labute approximate surface area is 441 Å². The highest BCUT2D eigenvalue weighted by Crippen LogP contribution is 2.71. The predicted octanol–water partition coefficient (Wildman–Crippen LogP) is 6.05. The Bertz CT molecular complexity index is 4630. The number of benzene rings is 9. The lowest BCUT2D eigenvalue weighted by Gasteiger charge is -2.26. The van der Waals surface area contributed by atoms with Crippen molar-refractivity contribution < 1.29 is 153 Å². The molecular formula is C51H34O30. The van der Waals surface area contributed by atoms with E-state index in [1.54, 1.807) is 0 Å².